The summed E-state index contributed by atoms with van der Waals surface area (Å²) in [5.41, 5.74) is 4.29. The number of hydrogen-bond donors (Lipinski definition) is 0. The second kappa shape index (κ2) is 5.60. The van der Waals surface area contributed by atoms with Gasteiger partial charge in [-0.25, -0.2) is 8.78 Å². The molecule has 0 bridgehead atoms. The van der Waals surface area contributed by atoms with E-state index in [2.05, 4.69) is 45.8 Å². The highest BCUT2D eigenvalue weighted by Crippen LogP contribution is 2.24. The first kappa shape index (κ1) is 13.7. The number of nitrogens with zero attached hydrogens (tertiary/aromatic N) is 1. The van der Waals surface area contributed by atoms with Crippen molar-refractivity contribution in [3.8, 4) is 0 Å². The summed E-state index contributed by atoms with van der Waals surface area (Å²) in [5, 5.41) is 0. The van der Waals surface area contributed by atoms with Gasteiger partial charge in [-0.15, -0.1) is 0 Å². The molecule has 0 amide bonds. The van der Waals surface area contributed by atoms with E-state index in [1.165, 1.54) is 28.8 Å². The van der Waals surface area contributed by atoms with Crippen molar-refractivity contribution in [1.82, 2.24) is 0 Å². The van der Waals surface area contributed by atoms with Gasteiger partial charge in [0.2, 0.25) is 0 Å². The van der Waals surface area contributed by atoms with Crippen LogP contribution in [0, 0.1) is 11.6 Å². The van der Waals surface area contributed by atoms with Crippen LogP contribution in [-0.2, 0) is 19.4 Å². The number of fused-ring (bicyclic) bond motifs is 1. The van der Waals surface area contributed by atoms with Crippen LogP contribution in [0.5, 0.6) is 0 Å². The molecule has 0 unspecified atom stereocenters. The molecule has 2 aromatic rings. The highest BCUT2D eigenvalue weighted by atomic mass is 127. The molecular weight excluding hydrogens is 371 g/mol. The molecule has 1 heterocycles. The van der Waals surface area contributed by atoms with Crippen molar-refractivity contribution < 1.29 is 8.78 Å². The number of aliphatic imine (C=N–C) groups is 1. The zero-order chi connectivity index (χ0) is 14.1. The Morgan fingerprint density at radius 3 is 2.40 bits per heavy atom. The van der Waals surface area contributed by atoms with Crippen LogP contribution < -0.4 is 0 Å². The fourth-order valence-electron chi connectivity index (χ4n) is 2.39. The molecule has 0 saturated carbocycles. The Labute approximate surface area is 129 Å². The Morgan fingerprint density at radius 1 is 0.950 bits per heavy atom. The maximum absolute atomic E-state index is 13.1. The minimum absolute atomic E-state index is 0.518. The summed E-state index contributed by atoms with van der Waals surface area (Å²) >= 11 is 2.24. The zero-order valence-corrected chi connectivity index (χ0v) is 12.8. The summed E-state index contributed by atoms with van der Waals surface area (Å²) in [6.07, 6.45) is 1.39. The van der Waals surface area contributed by atoms with Gasteiger partial charge in [-0.3, -0.25) is 4.99 Å². The molecule has 0 N–H and O–H groups in total. The van der Waals surface area contributed by atoms with E-state index in [-0.39, 0.29) is 0 Å². The van der Waals surface area contributed by atoms with Crippen molar-refractivity contribution in [1.29, 1.82) is 0 Å². The Balaban J connectivity index is 1.76. The SMILES string of the molecule is Fc1cc(F)cc(CCc2ccc3c(c2)C(I)=NC3)c1. The Bertz CT molecular complexity index is 675. The Hall–Kier alpha value is -1.30. The van der Waals surface area contributed by atoms with Gasteiger partial charge in [0.1, 0.15) is 15.4 Å². The molecule has 0 spiro atoms. The van der Waals surface area contributed by atoms with Gasteiger partial charge in [0.25, 0.3) is 0 Å². The van der Waals surface area contributed by atoms with E-state index >= 15 is 0 Å². The molecule has 0 atom stereocenters. The molecule has 4 heteroatoms. The lowest BCUT2D eigenvalue weighted by Gasteiger charge is -2.06. The van der Waals surface area contributed by atoms with Crippen LogP contribution in [0.3, 0.4) is 0 Å². The number of aryl methyl sites for hydroxylation is 2. The van der Waals surface area contributed by atoms with E-state index in [9.17, 15) is 8.78 Å². The van der Waals surface area contributed by atoms with E-state index < -0.39 is 11.6 Å². The van der Waals surface area contributed by atoms with E-state index in [1.807, 2.05) is 0 Å². The molecule has 0 radical (unpaired) electrons. The van der Waals surface area contributed by atoms with E-state index in [4.69, 9.17) is 0 Å². The summed E-state index contributed by atoms with van der Waals surface area (Å²) in [6, 6.07) is 9.97. The summed E-state index contributed by atoms with van der Waals surface area (Å²) in [7, 11) is 0. The summed E-state index contributed by atoms with van der Waals surface area (Å²) < 4.78 is 27.3. The number of rotatable bonds is 3. The highest BCUT2D eigenvalue weighted by molar-refractivity contribution is 14.1. The molecule has 0 aliphatic carbocycles. The van der Waals surface area contributed by atoms with Gasteiger partial charge in [-0.2, -0.15) is 0 Å². The van der Waals surface area contributed by atoms with Crippen LogP contribution in [0.4, 0.5) is 8.78 Å². The maximum Gasteiger partial charge on any atom is 0.126 e. The average molecular weight is 383 g/mol. The van der Waals surface area contributed by atoms with Gasteiger partial charge in [0.15, 0.2) is 0 Å². The highest BCUT2D eigenvalue weighted by Gasteiger charge is 2.13. The fraction of sp³-hybridized carbons (Fsp3) is 0.188. The number of hydrogen-bond acceptors (Lipinski definition) is 1. The molecular formula is C16H12F2IN. The quantitative estimate of drug-likeness (QED) is 0.695. The average Bonchev–Trinajstić information content (AvgIpc) is 2.77. The van der Waals surface area contributed by atoms with Crippen LogP contribution in [-0.4, -0.2) is 3.72 Å². The largest absolute Gasteiger partial charge is 0.273 e. The van der Waals surface area contributed by atoms with E-state index in [1.54, 1.807) is 0 Å². The topological polar surface area (TPSA) is 12.4 Å². The van der Waals surface area contributed by atoms with Crippen LogP contribution in [0.25, 0.3) is 0 Å². The number of halogens is 3. The lowest BCUT2D eigenvalue weighted by molar-refractivity contribution is 0.579. The van der Waals surface area contributed by atoms with Gasteiger partial charge in [-0.05, 0) is 70.3 Å². The van der Waals surface area contributed by atoms with Crippen molar-refractivity contribution in [2.75, 3.05) is 0 Å². The standard InChI is InChI=1S/C16H12F2IN/c17-13-5-11(6-14(18)8-13)2-1-10-3-4-12-9-20-16(19)15(12)7-10/h3-8H,1-2,9H2. The van der Waals surface area contributed by atoms with Crippen molar-refractivity contribution >= 4 is 26.3 Å². The molecule has 1 aliphatic heterocycles. The first-order valence-electron chi connectivity index (χ1n) is 6.39. The van der Waals surface area contributed by atoms with Crippen molar-refractivity contribution in [3.05, 3.63) is 70.3 Å². The maximum atomic E-state index is 13.1. The second-order valence-corrected chi connectivity index (χ2v) is 5.90. The normalized spacial score (nSPS) is 13.2. The molecule has 0 aromatic heterocycles. The molecule has 1 nitrogen and oxygen atoms in total. The summed E-state index contributed by atoms with van der Waals surface area (Å²) in [5.74, 6) is -1.04. The van der Waals surface area contributed by atoms with Crippen molar-refractivity contribution in [3.63, 3.8) is 0 Å². The third kappa shape index (κ3) is 2.90. The number of benzene rings is 2. The predicted octanol–water partition coefficient (Wildman–Crippen LogP) is 4.45. The molecule has 3 rings (SSSR count). The predicted molar refractivity (Wildman–Crippen MR) is 84.5 cm³/mol. The molecule has 0 saturated heterocycles. The van der Waals surface area contributed by atoms with Gasteiger partial charge >= 0.3 is 0 Å². The Kier molecular flexibility index (Phi) is 3.83. The smallest absolute Gasteiger partial charge is 0.126 e. The van der Waals surface area contributed by atoms with Crippen LogP contribution in [0.2, 0.25) is 0 Å². The van der Waals surface area contributed by atoms with Crippen LogP contribution in [0.1, 0.15) is 22.3 Å². The van der Waals surface area contributed by atoms with Crippen LogP contribution in [0.15, 0.2) is 41.4 Å². The van der Waals surface area contributed by atoms with Crippen LogP contribution >= 0.6 is 22.6 Å². The zero-order valence-electron chi connectivity index (χ0n) is 10.7. The summed E-state index contributed by atoms with van der Waals surface area (Å²) in [4.78, 5) is 4.39. The van der Waals surface area contributed by atoms with Gasteiger partial charge < -0.3 is 0 Å². The third-order valence-electron chi connectivity index (χ3n) is 3.41. The fourth-order valence-corrected chi connectivity index (χ4v) is 3.07. The van der Waals surface area contributed by atoms with Gasteiger partial charge in [0, 0.05) is 11.6 Å². The lowest BCUT2D eigenvalue weighted by atomic mass is 10.0. The molecule has 2 aromatic carbocycles. The minimum atomic E-state index is -0.518. The first-order valence-corrected chi connectivity index (χ1v) is 7.47. The third-order valence-corrected chi connectivity index (χ3v) is 4.33. The molecule has 102 valence electrons. The van der Waals surface area contributed by atoms with Crippen molar-refractivity contribution in [2.45, 2.75) is 19.4 Å². The Morgan fingerprint density at radius 2 is 1.65 bits per heavy atom. The first-order chi connectivity index (χ1) is 9.61. The molecule has 0 fully saturated rings. The van der Waals surface area contributed by atoms with E-state index in [0.717, 1.165) is 22.8 Å². The van der Waals surface area contributed by atoms with Gasteiger partial charge in [0.05, 0.1) is 6.54 Å². The molecule has 20 heavy (non-hydrogen) atoms. The monoisotopic (exact) mass is 383 g/mol. The van der Waals surface area contributed by atoms with Gasteiger partial charge in [-0.1, -0.05) is 12.1 Å². The summed E-state index contributed by atoms with van der Waals surface area (Å²) in [6.45, 7) is 0.753. The molecule has 1 aliphatic rings. The van der Waals surface area contributed by atoms with Crippen molar-refractivity contribution in [2.24, 2.45) is 4.99 Å². The minimum Gasteiger partial charge on any atom is -0.273 e. The van der Waals surface area contributed by atoms with E-state index in [0.29, 0.717) is 12.0 Å². The second-order valence-electron chi connectivity index (χ2n) is 4.88. The lowest BCUT2D eigenvalue weighted by Crippen LogP contribution is -1.96.